The van der Waals surface area contributed by atoms with Gasteiger partial charge in [0.1, 0.15) is 11.6 Å². The maximum absolute atomic E-state index is 13.8. The number of hydrazone groups is 1. The maximum Gasteiger partial charge on any atom is 0.177 e. The highest BCUT2D eigenvalue weighted by Crippen LogP contribution is 2.27. The summed E-state index contributed by atoms with van der Waals surface area (Å²) in [5.74, 6) is 0.797. The number of hydrogen-bond donors (Lipinski definition) is 1. The second-order valence-corrected chi connectivity index (χ2v) is 6.67. The first-order chi connectivity index (χ1) is 13.1. The predicted octanol–water partition coefficient (Wildman–Crippen LogP) is 3.62. The standard InChI is InChI=1S/C19H19F2N3O2S/c1-25-17-6-3-12(9-18(17)26-2)7-8-22-19-24-23-16(11-27-19)14-10-13(20)4-5-15(14)21/h3-6,9-10H,7-8,11H2,1-2H3,(H,22,24). The van der Waals surface area contributed by atoms with Crippen molar-refractivity contribution in [3.63, 3.8) is 0 Å². The average molecular weight is 391 g/mol. The van der Waals surface area contributed by atoms with Gasteiger partial charge >= 0.3 is 0 Å². The predicted molar refractivity (Wildman–Crippen MR) is 104 cm³/mol. The van der Waals surface area contributed by atoms with Crippen molar-refractivity contribution < 1.29 is 18.3 Å². The van der Waals surface area contributed by atoms with Crippen LogP contribution in [0.5, 0.6) is 11.5 Å². The van der Waals surface area contributed by atoms with Crippen molar-refractivity contribution in [1.82, 2.24) is 5.43 Å². The fourth-order valence-corrected chi connectivity index (χ4v) is 3.36. The number of nitrogens with zero attached hydrogens (tertiary/aromatic N) is 2. The zero-order valence-corrected chi connectivity index (χ0v) is 15.8. The summed E-state index contributed by atoms with van der Waals surface area (Å²) in [5.41, 5.74) is 4.50. The lowest BCUT2D eigenvalue weighted by atomic mass is 10.1. The van der Waals surface area contributed by atoms with Crippen LogP contribution in [0.25, 0.3) is 0 Å². The fraction of sp³-hybridized carbons (Fsp3) is 0.263. The van der Waals surface area contributed by atoms with Crippen molar-refractivity contribution in [2.75, 3.05) is 26.5 Å². The zero-order valence-electron chi connectivity index (χ0n) is 15.0. The first-order valence-corrected chi connectivity index (χ1v) is 9.25. The minimum Gasteiger partial charge on any atom is -0.493 e. The molecule has 0 unspecified atom stereocenters. The molecule has 0 bridgehead atoms. The van der Waals surface area contributed by atoms with Crippen molar-refractivity contribution in [2.24, 2.45) is 10.1 Å². The Labute approximate surface area is 160 Å². The van der Waals surface area contributed by atoms with Gasteiger partial charge < -0.3 is 9.47 Å². The third-order valence-electron chi connectivity index (χ3n) is 3.98. The van der Waals surface area contributed by atoms with E-state index in [4.69, 9.17) is 9.47 Å². The average Bonchev–Trinajstić information content (AvgIpc) is 2.70. The molecule has 0 aliphatic carbocycles. The topological polar surface area (TPSA) is 55.2 Å². The Morgan fingerprint density at radius 3 is 2.63 bits per heavy atom. The molecule has 0 atom stereocenters. The number of methoxy groups -OCH3 is 2. The molecule has 0 radical (unpaired) electrons. The summed E-state index contributed by atoms with van der Waals surface area (Å²) in [6.07, 6.45) is 0.723. The van der Waals surface area contributed by atoms with Crippen LogP contribution in [0.2, 0.25) is 0 Å². The van der Waals surface area contributed by atoms with Gasteiger partial charge in [-0.2, -0.15) is 5.10 Å². The Morgan fingerprint density at radius 1 is 1.11 bits per heavy atom. The lowest BCUT2D eigenvalue weighted by molar-refractivity contribution is 0.354. The number of halogens is 2. The molecule has 0 saturated carbocycles. The summed E-state index contributed by atoms with van der Waals surface area (Å²) in [6, 6.07) is 9.08. The number of benzene rings is 2. The fourth-order valence-electron chi connectivity index (χ4n) is 2.58. The highest BCUT2D eigenvalue weighted by atomic mass is 32.2. The number of thioether (sulfide) groups is 1. The third kappa shape index (κ3) is 4.77. The first-order valence-electron chi connectivity index (χ1n) is 8.27. The van der Waals surface area contributed by atoms with E-state index in [2.05, 4.69) is 15.5 Å². The van der Waals surface area contributed by atoms with Crippen LogP contribution >= 0.6 is 11.8 Å². The number of aliphatic imine (C=N–C) groups is 1. The van der Waals surface area contributed by atoms with Gasteiger partial charge in [0.2, 0.25) is 0 Å². The Balaban J connectivity index is 1.60. The Hall–Kier alpha value is -2.61. The van der Waals surface area contributed by atoms with Crippen LogP contribution in [0.15, 0.2) is 46.5 Å². The van der Waals surface area contributed by atoms with Gasteiger partial charge in [0.15, 0.2) is 16.7 Å². The van der Waals surface area contributed by atoms with Crippen LogP contribution in [0.3, 0.4) is 0 Å². The van der Waals surface area contributed by atoms with Gasteiger partial charge in [-0.3, -0.25) is 10.4 Å². The van der Waals surface area contributed by atoms with E-state index in [1.807, 2.05) is 18.2 Å². The van der Waals surface area contributed by atoms with E-state index in [9.17, 15) is 8.78 Å². The molecule has 2 aromatic carbocycles. The van der Waals surface area contributed by atoms with Crippen molar-refractivity contribution in [3.05, 3.63) is 59.2 Å². The lowest BCUT2D eigenvalue weighted by Gasteiger charge is -2.15. The molecule has 1 N–H and O–H groups in total. The van der Waals surface area contributed by atoms with Crippen LogP contribution in [0.4, 0.5) is 8.78 Å². The first kappa shape index (κ1) is 19.2. The monoisotopic (exact) mass is 391 g/mol. The van der Waals surface area contributed by atoms with Crippen molar-refractivity contribution in [1.29, 1.82) is 0 Å². The quantitative estimate of drug-likeness (QED) is 0.817. The molecule has 5 nitrogen and oxygen atoms in total. The summed E-state index contributed by atoms with van der Waals surface area (Å²) < 4.78 is 37.7. The van der Waals surface area contributed by atoms with Gasteiger partial charge in [0, 0.05) is 17.9 Å². The minimum absolute atomic E-state index is 0.166. The largest absolute Gasteiger partial charge is 0.493 e. The van der Waals surface area contributed by atoms with E-state index < -0.39 is 11.6 Å². The number of hydrogen-bond acceptors (Lipinski definition) is 5. The molecule has 0 spiro atoms. The highest BCUT2D eigenvalue weighted by molar-refractivity contribution is 8.14. The van der Waals surface area contributed by atoms with E-state index >= 15 is 0 Å². The van der Waals surface area contributed by atoms with Crippen molar-refractivity contribution in [3.8, 4) is 11.5 Å². The highest BCUT2D eigenvalue weighted by Gasteiger charge is 2.16. The number of ether oxygens (including phenoxy) is 2. The number of nitrogens with one attached hydrogen (secondary N) is 1. The smallest absolute Gasteiger partial charge is 0.177 e. The molecule has 8 heteroatoms. The number of amidine groups is 1. The van der Waals surface area contributed by atoms with Crippen LogP contribution in [0.1, 0.15) is 11.1 Å². The molecule has 0 fully saturated rings. The van der Waals surface area contributed by atoms with Gasteiger partial charge in [0.25, 0.3) is 0 Å². The van der Waals surface area contributed by atoms with Crippen LogP contribution in [0, 0.1) is 11.6 Å². The second kappa shape index (κ2) is 8.85. The summed E-state index contributed by atoms with van der Waals surface area (Å²) in [4.78, 5) is 4.47. The summed E-state index contributed by atoms with van der Waals surface area (Å²) in [6.45, 7) is 0.560. The molecule has 142 valence electrons. The molecule has 0 saturated heterocycles. The second-order valence-electron chi connectivity index (χ2n) is 5.71. The molecule has 3 rings (SSSR count). The van der Waals surface area contributed by atoms with Gasteiger partial charge in [-0.15, -0.1) is 0 Å². The Morgan fingerprint density at radius 2 is 1.93 bits per heavy atom. The van der Waals surface area contributed by atoms with Crippen LogP contribution < -0.4 is 14.9 Å². The molecule has 0 amide bonds. The van der Waals surface area contributed by atoms with Gasteiger partial charge in [-0.1, -0.05) is 17.8 Å². The van der Waals surface area contributed by atoms with Gasteiger partial charge in [-0.05, 0) is 42.3 Å². The summed E-state index contributed by atoms with van der Waals surface area (Å²) in [5, 5.41) is 4.78. The van der Waals surface area contributed by atoms with E-state index in [1.54, 1.807) is 14.2 Å². The summed E-state index contributed by atoms with van der Waals surface area (Å²) >= 11 is 1.40. The SMILES string of the molecule is COc1ccc(CCN=C2NN=C(c3cc(F)ccc3F)CS2)cc1OC. The number of rotatable bonds is 6. The van der Waals surface area contributed by atoms with Crippen molar-refractivity contribution in [2.45, 2.75) is 6.42 Å². The molecule has 0 aromatic heterocycles. The van der Waals surface area contributed by atoms with E-state index in [0.29, 0.717) is 34.7 Å². The van der Waals surface area contributed by atoms with Crippen molar-refractivity contribution >= 4 is 22.6 Å². The molecular formula is C19H19F2N3O2S. The Kier molecular flexibility index (Phi) is 6.28. The zero-order chi connectivity index (χ0) is 19.2. The molecule has 2 aromatic rings. The van der Waals surface area contributed by atoms with E-state index in [1.165, 1.54) is 11.8 Å². The maximum atomic E-state index is 13.8. The lowest BCUT2D eigenvalue weighted by Crippen LogP contribution is -2.26. The van der Waals surface area contributed by atoms with E-state index in [0.717, 1.165) is 30.2 Å². The molecule has 1 aliphatic heterocycles. The van der Waals surface area contributed by atoms with Crippen LogP contribution in [-0.2, 0) is 6.42 Å². The van der Waals surface area contributed by atoms with Gasteiger partial charge in [0.05, 0.1) is 19.9 Å². The molecular weight excluding hydrogens is 372 g/mol. The molecule has 1 heterocycles. The van der Waals surface area contributed by atoms with E-state index in [-0.39, 0.29) is 5.56 Å². The third-order valence-corrected chi connectivity index (χ3v) is 4.89. The van der Waals surface area contributed by atoms with Crippen LogP contribution in [-0.4, -0.2) is 37.4 Å². The Bertz CT molecular complexity index is 887. The molecule has 27 heavy (non-hydrogen) atoms. The summed E-state index contributed by atoms with van der Waals surface area (Å²) in [7, 11) is 3.20. The van der Waals surface area contributed by atoms with Gasteiger partial charge in [-0.25, -0.2) is 8.78 Å². The molecule has 1 aliphatic rings. The normalized spacial score (nSPS) is 15.3. The minimum atomic E-state index is -0.494.